The molecule has 15 nitrogen and oxygen atoms in total. The average Bonchev–Trinajstić information content (AvgIpc) is 3.59. The third kappa shape index (κ3) is 9.59. The smallest absolute Gasteiger partial charge is 0.255 e. The number of amides is 6. The first kappa shape index (κ1) is 42.9. The maximum Gasteiger partial charge on any atom is 0.255 e. The SMILES string of the molecule is CC[C@@H]1C(=O)N(C)c2cnc(Cc3ccc(C(=O)NCCCCCCC(=O)Nc4cccc5c4CN(C4CCC(=O)NC4=O)C5=O)cc3OC)nc2N1Cc1ccc(Br)cc1. The van der Waals surface area contributed by atoms with Gasteiger partial charge in [-0.2, -0.15) is 0 Å². The molecule has 3 aliphatic heterocycles. The van der Waals surface area contributed by atoms with E-state index >= 15 is 0 Å². The Balaban J connectivity index is 0.874. The lowest BCUT2D eigenvalue weighted by Gasteiger charge is -2.40. The van der Waals surface area contributed by atoms with Crippen LogP contribution in [0.5, 0.6) is 5.75 Å². The minimum Gasteiger partial charge on any atom is -0.496 e. The van der Waals surface area contributed by atoms with E-state index < -0.39 is 11.9 Å². The summed E-state index contributed by atoms with van der Waals surface area (Å²) >= 11 is 3.50. The zero-order chi connectivity index (χ0) is 43.2. The van der Waals surface area contributed by atoms with E-state index in [0.717, 1.165) is 34.9 Å². The van der Waals surface area contributed by atoms with Crippen LogP contribution in [-0.2, 0) is 38.7 Å². The number of hydrogen-bond donors (Lipinski definition) is 3. The van der Waals surface area contributed by atoms with E-state index in [0.29, 0.717) is 84.2 Å². The number of halogens is 1. The van der Waals surface area contributed by atoms with E-state index in [2.05, 4.69) is 41.8 Å². The van der Waals surface area contributed by atoms with Gasteiger partial charge in [-0.1, -0.05) is 60.0 Å². The molecule has 318 valence electrons. The van der Waals surface area contributed by atoms with Crippen molar-refractivity contribution in [2.45, 2.75) is 89.9 Å². The van der Waals surface area contributed by atoms with Crippen LogP contribution in [0.2, 0.25) is 0 Å². The summed E-state index contributed by atoms with van der Waals surface area (Å²) in [4.78, 5) is 91.2. The van der Waals surface area contributed by atoms with Crippen LogP contribution >= 0.6 is 15.9 Å². The molecule has 1 aromatic heterocycles. The summed E-state index contributed by atoms with van der Waals surface area (Å²) in [5.41, 5.74) is 4.62. The Kier molecular flexibility index (Phi) is 13.4. The molecule has 61 heavy (non-hydrogen) atoms. The predicted molar refractivity (Wildman–Crippen MR) is 232 cm³/mol. The molecule has 0 aliphatic carbocycles. The van der Waals surface area contributed by atoms with Gasteiger partial charge in [0.2, 0.25) is 23.6 Å². The highest BCUT2D eigenvalue weighted by Crippen LogP contribution is 2.36. The van der Waals surface area contributed by atoms with Crippen molar-refractivity contribution < 1.29 is 33.5 Å². The van der Waals surface area contributed by atoms with Crippen molar-refractivity contribution >= 4 is 68.6 Å². The Morgan fingerprint density at radius 3 is 2.54 bits per heavy atom. The minimum absolute atomic E-state index is 0.00352. The van der Waals surface area contributed by atoms with Gasteiger partial charge in [0.25, 0.3) is 11.8 Å². The molecule has 7 rings (SSSR count). The highest BCUT2D eigenvalue weighted by molar-refractivity contribution is 9.10. The Morgan fingerprint density at radius 1 is 1.00 bits per heavy atom. The van der Waals surface area contributed by atoms with Crippen molar-refractivity contribution in [3.63, 3.8) is 0 Å². The monoisotopic (exact) mass is 892 g/mol. The van der Waals surface area contributed by atoms with Gasteiger partial charge in [-0.05, 0) is 67.6 Å². The molecule has 3 N–H and O–H groups in total. The number of ether oxygens (including phenoxy) is 1. The number of piperidine rings is 1. The number of nitrogens with one attached hydrogen (secondary N) is 3. The van der Waals surface area contributed by atoms with Crippen LogP contribution in [0.25, 0.3) is 0 Å². The molecule has 1 saturated heterocycles. The number of hydrogen-bond acceptors (Lipinski definition) is 10. The molecule has 4 heterocycles. The number of methoxy groups -OCH3 is 1. The molecule has 0 radical (unpaired) electrons. The number of imide groups is 1. The van der Waals surface area contributed by atoms with E-state index in [-0.39, 0.29) is 55.0 Å². The number of rotatable bonds is 16. The number of anilines is 3. The zero-order valence-corrected chi connectivity index (χ0v) is 36.0. The number of aromatic nitrogens is 2. The van der Waals surface area contributed by atoms with Crippen LogP contribution in [0.4, 0.5) is 17.2 Å². The molecule has 3 aliphatic rings. The minimum atomic E-state index is -0.726. The lowest BCUT2D eigenvalue weighted by Crippen LogP contribution is -2.52. The second-order valence-corrected chi connectivity index (χ2v) is 16.4. The summed E-state index contributed by atoms with van der Waals surface area (Å²) < 4.78 is 6.69. The van der Waals surface area contributed by atoms with Crippen LogP contribution in [0, 0.1) is 0 Å². The topological polar surface area (TPSA) is 183 Å². The first-order valence-electron chi connectivity index (χ1n) is 20.6. The van der Waals surface area contributed by atoms with Crippen LogP contribution < -0.4 is 30.5 Å². The molecule has 0 bridgehead atoms. The predicted octanol–water partition coefficient (Wildman–Crippen LogP) is 5.68. The number of unbranched alkanes of at least 4 members (excludes halogenated alkanes) is 3. The second kappa shape index (κ2) is 19.0. The third-order valence-electron chi connectivity index (χ3n) is 11.4. The standard InChI is InChI=1S/C45H49BrN8O7/c1-4-34-45(60)52(2)36-24-48-38(50-41(36)53(34)25-27-13-17-30(46)18-14-27)23-28-15-16-29(22-37(28)61-3)42(57)47-21-8-6-5-7-12-39(55)49-33-11-9-10-31-32(33)26-54(44(31)59)35-19-20-40(56)51-43(35)58/h9-11,13-18,22,24,34-35H,4-8,12,19-21,23,25-26H2,1-3H3,(H,47,57)(H,49,55)(H,51,56,58)/t34-,35?/m1/s1. The van der Waals surface area contributed by atoms with E-state index in [4.69, 9.17) is 9.72 Å². The van der Waals surface area contributed by atoms with Gasteiger partial charge in [0.05, 0.1) is 13.3 Å². The largest absolute Gasteiger partial charge is 0.496 e. The molecule has 4 aromatic rings. The summed E-state index contributed by atoms with van der Waals surface area (Å²) in [6.45, 7) is 3.16. The lowest BCUT2D eigenvalue weighted by atomic mass is 10.0. The quantitative estimate of drug-likeness (QED) is 0.0935. The summed E-state index contributed by atoms with van der Waals surface area (Å²) in [5, 5.41) is 8.22. The van der Waals surface area contributed by atoms with Crippen LogP contribution in [-0.4, -0.2) is 83.1 Å². The van der Waals surface area contributed by atoms with Crippen LogP contribution in [0.3, 0.4) is 0 Å². The van der Waals surface area contributed by atoms with Gasteiger partial charge in [0.1, 0.15) is 29.3 Å². The van der Waals surface area contributed by atoms with E-state index in [1.165, 1.54) is 4.90 Å². The Hall–Kier alpha value is -6.16. The van der Waals surface area contributed by atoms with Gasteiger partial charge in [0, 0.05) is 78.4 Å². The van der Waals surface area contributed by atoms with Gasteiger partial charge in [-0.3, -0.25) is 34.1 Å². The highest BCUT2D eigenvalue weighted by Gasteiger charge is 2.40. The highest BCUT2D eigenvalue weighted by atomic mass is 79.9. The maximum atomic E-state index is 13.3. The number of benzene rings is 3. The number of nitrogens with zero attached hydrogens (tertiary/aromatic N) is 5. The van der Waals surface area contributed by atoms with Crippen molar-refractivity contribution in [3.8, 4) is 5.75 Å². The number of fused-ring (bicyclic) bond motifs is 2. The molecular formula is C45H49BrN8O7. The maximum absolute atomic E-state index is 13.3. The van der Waals surface area contributed by atoms with Gasteiger partial charge in [0.15, 0.2) is 5.82 Å². The van der Waals surface area contributed by atoms with Crippen molar-refractivity contribution in [1.29, 1.82) is 0 Å². The Labute approximate surface area is 362 Å². The fourth-order valence-electron chi connectivity index (χ4n) is 8.11. The average molecular weight is 894 g/mol. The van der Waals surface area contributed by atoms with Crippen LogP contribution in [0.15, 0.2) is 71.3 Å². The van der Waals surface area contributed by atoms with Gasteiger partial charge >= 0.3 is 0 Å². The summed E-state index contributed by atoms with van der Waals surface area (Å²) in [7, 11) is 3.32. The van der Waals surface area contributed by atoms with E-state index in [1.54, 1.807) is 55.6 Å². The number of carbonyl (C=O) groups is 6. The first-order chi connectivity index (χ1) is 29.4. The van der Waals surface area contributed by atoms with E-state index in [1.807, 2.05) is 37.3 Å². The molecular weight excluding hydrogens is 844 g/mol. The van der Waals surface area contributed by atoms with Gasteiger partial charge < -0.3 is 30.1 Å². The molecule has 3 aromatic carbocycles. The summed E-state index contributed by atoms with van der Waals surface area (Å²) in [6.07, 6.45) is 6.40. The number of likely N-dealkylation sites (N-methyl/N-ethyl adjacent to an activating group) is 1. The normalized spacial score (nSPS) is 17.2. The van der Waals surface area contributed by atoms with Gasteiger partial charge in [-0.15, -0.1) is 0 Å². The molecule has 0 spiro atoms. The van der Waals surface area contributed by atoms with Crippen molar-refractivity contribution in [2.75, 3.05) is 35.8 Å². The van der Waals surface area contributed by atoms with Crippen molar-refractivity contribution in [2.24, 2.45) is 0 Å². The Bertz CT molecular complexity index is 2360. The summed E-state index contributed by atoms with van der Waals surface area (Å²) in [6, 6.07) is 17.4. The molecule has 16 heteroatoms. The second-order valence-electron chi connectivity index (χ2n) is 15.5. The third-order valence-corrected chi connectivity index (χ3v) is 12.0. The molecule has 0 saturated carbocycles. The fourth-order valence-corrected chi connectivity index (χ4v) is 8.37. The number of carbonyl (C=O) groups excluding carboxylic acids is 6. The fraction of sp³-hybridized carbons (Fsp3) is 0.378. The zero-order valence-electron chi connectivity index (χ0n) is 34.5. The first-order valence-corrected chi connectivity index (χ1v) is 21.4. The molecule has 1 unspecified atom stereocenters. The summed E-state index contributed by atoms with van der Waals surface area (Å²) in [5.74, 6) is 0.277. The molecule has 1 fully saturated rings. The molecule has 2 atom stereocenters. The van der Waals surface area contributed by atoms with Crippen molar-refractivity contribution in [1.82, 2.24) is 25.5 Å². The lowest BCUT2D eigenvalue weighted by molar-refractivity contribution is -0.137. The molecule has 6 amide bonds. The van der Waals surface area contributed by atoms with E-state index in [9.17, 15) is 28.8 Å². The Morgan fingerprint density at radius 2 is 1.79 bits per heavy atom. The van der Waals surface area contributed by atoms with Gasteiger partial charge in [-0.25, -0.2) is 9.97 Å². The van der Waals surface area contributed by atoms with Crippen LogP contribution in [0.1, 0.15) is 102 Å². The van der Waals surface area contributed by atoms with Crippen molar-refractivity contribution in [3.05, 3.63) is 105 Å².